The van der Waals surface area contributed by atoms with Crippen LogP contribution in [-0.4, -0.2) is 16.1 Å². The molecule has 2 aromatic heterocycles. The lowest BCUT2D eigenvalue weighted by atomic mass is 10.3. The van der Waals surface area contributed by atoms with Gasteiger partial charge in [-0.3, -0.25) is 4.79 Å². The van der Waals surface area contributed by atoms with Gasteiger partial charge >= 0.3 is 0 Å². The Morgan fingerprint density at radius 1 is 1.47 bits per heavy atom. The summed E-state index contributed by atoms with van der Waals surface area (Å²) >= 11 is 4.76. The van der Waals surface area contributed by atoms with Gasteiger partial charge in [0.15, 0.2) is 5.82 Å². The van der Waals surface area contributed by atoms with Crippen LogP contribution in [-0.2, 0) is 0 Å². The Bertz CT molecular complexity index is 471. The Hall–Kier alpha value is -1.27. The molecule has 0 aromatic carbocycles. The molecule has 0 unspecified atom stereocenters. The van der Waals surface area contributed by atoms with E-state index < -0.39 is 0 Å². The highest BCUT2D eigenvalue weighted by Gasteiger charge is 2.11. The number of carbonyl (C=O) groups is 1. The standard InChI is InChI=1S/C9H6BrN3OS/c10-8-6(3-5-15-8)9(14)12-7-2-1-4-11-13-7/h1-5H,(H,12,13,14). The van der Waals surface area contributed by atoms with Crippen molar-refractivity contribution in [1.29, 1.82) is 0 Å². The van der Waals surface area contributed by atoms with Crippen molar-refractivity contribution in [2.45, 2.75) is 0 Å². The highest BCUT2D eigenvalue weighted by atomic mass is 79.9. The molecule has 6 heteroatoms. The first-order valence-electron chi connectivity index (χ1n) is 4.09. The van der Waals surface area contributed by atoms with Crippen LogP contribution < -0.4 is 5.32 Å². The Morgan fingerprint density at radius 3 is 2.93 bits per heavy atom. The van der Waals surface area contributed by atoms with E-state index in [9.17, 15) is 4.79 Å². The van der Waals surface area contributed by atoms with E-state index in [2.05, 4.69) is 31.4 Å². The number of rotatable bonds is 2. The van der Waals surface area contributed by atoms with E-state index in [1.807, 2.05) is 5.38 Å². The van der Waals surface area contributed by atoms with Gasteiger partial charge in [-0.2, -0.15) is 5.10 Å². The summed E-state index contributed by atoms with van der Waals surface area (Å²) in [7, 11) is 0. The van der Waals surface area contributed by atoms with Gasteiger partial charge < -0.3 is 5.32 Å². The average molecular weight is 284 g/mol. The van der Waals surface area contributed by atoms with Gasteiger partial charge in [0.25, 0.3) is 5.91 Å². The number of hydrogen-bond donors (Lipinski definition) is 1. The van der Waals surface area contributed by atoms with Gasteiger partial charge in [0.2, 0.25) is 0 Å². The predicted octanol–water partition coefficient (Wildman–Crippen LogP) is 2.55. The quantitative estimate of drug-likeness (QED) is 0.922. The molecule has 0 aliphatic carbocycles. The first-order chi connectivity index (χ1) is 7.27. The summed E-state index contributed by atoms with van der Waals surface area (Å²) in [5.74, 6) is 0.254. The molecular formula is C9H6BrN3OS. The number of anilines is 1. The maximum atomic E-state index is 11.7. The van der Waals surface area contributed by atoms with Crippen molar-refractivity contribution in [2.24, 2.45) is 0 Å². The van der Waals surface area contributed by atoms with Crippen molar-refractivity contribution >= 4 is 39.0 Å². The second-order valence-corrected chi connectivity index (χ2v) is 4.91. The van der Waals surface area contributed by atoms with Gasteiger partial charge in [-0.05, 0) is 39.5 Å². The number of hydrogen-bond acceptors (Lipinski definition) is 4. The molecule has 4 nitrogen and oxygen atoms in total. The zero-order valence-electron chi connectivity index (χ0n) is 7.48. The van der Waals surface area contributed by atoms with Crippen LogP contribution in [0.5, 0.6) is 0 Å². The molecule has 2 heterocycles. The van der Waals surface area contributed by atoms with Crippen molar-refractivity contribution in [2.75, 3.05) is 5.32 Å². The lowest BCUT2D eigenvalue weighted by Gasteiger charge is -2.01. The highest BCUT2D eigenvalue weighted by molar-refractivity contribution is 9.11. The van der Waals surface area contributed by atoms with Crippen LogP contribution in [0.15, 0.2) is 33.6 Å². The fourth-order valence-corrected chi connectivity index (χ4v) is 2.25. The van der Waals surface area contributed by atoms with E-state index >= 15 is 0 Å². The Kier molecular flexibility index (Phi) is 3.08. The van der Waals surface area contributed by atoms with E-state index in [0.29, 0.717) is 11.4 Å². The fourth-order valence-electron chi connectivity index (χ4n) is 1.01. The van der Waals surface area contributed by atoms with E-state index in [0.717, 1.165) is 3.79 Å². The smallest absolute Gasteiger partial charge is 0.258 e. The number of halogens is 1. The van der Waals surface area contributed by atoms with Gasteiger partial charge in [-0.15, -0.1) is 16.4 Å². The molecule has 2 rings (SSSR count). The molecule has 0 spiro atoms. The first kappa shape index (κ1) is 10.3. The summed E-state index contributed by atoms with van der Waals surface area (Å²) in [4.78, 5) is 11.7. The fraction of sp³-hybridized carbons (Fsp3) is 0. The number of carbonyl (C=O) groups excluding carboxylic acids is 1. The van der Waals surface area contributed by atoms with Crippen molar-refractivity contribution in [1.82, 2.24) is 10.2 Å². The van der Waals surface area contributed by atoms with Crippen molar-refractivity contribution in [3.8, 4) is 0 Å². The second kappa shape index (κ2) is 4.50. The van der Waals surface area contributed by atoms with Gasteiger partial charge in [-0.25, -0.2) is 0 Å². The Balaban J connectivity index is 2.15. The van der Waals surface area contributed by atoms with E-state index in [1.165, 1.54) is 11.3 Å². The molecule has 0 atom stereocenters. The van der Waals surface area contributed by atoms with Gasteiger partial charge in [0, 0.05) is 6.20 Å². The maximum absolute atomic E-state index is 11.7. The van der Waals surface area contributed by atoms with Crippen LogP contribution in [0.2, 0.25) is 0 Å². The van der Waals surface area contributed by atoms with Crippen LogP contribution in [0.25, 0.3) is 0 Å². The molecule has 76 valence electrons. The summed E-state index contributed by atoms with van der Waals surface area (Å²) in [5.41, 5.74) is 0.602. The summed E-state index contributed by atoms with van der Waals surface area (Å²) in [6.07, 6.45) is 1.55. The van der Waals surface area contributed by atoms with Crippen LogP contribution in [0, 0.1) is 0 Å². The molecule has 0 aliphatic rings. The molecule has 15 heavy (non-hydrogen) atoms. The molecule has 0 saturated heterocycles. The molecule has 2 aromatic rings. The van der Waals surface area contributed by atoms with E-state index in [4.69, 9.17) is 0 Å². The number of aromatic nitrogens is 2. The number of nitrogens with one attached hydrogen (secondary N) is 1. The molecule has 0 radical (unpaired) electrons. The topological polar surface area (TPSA) is 54.9 Å². The number of thiophene rings is 1. The maximum Gasteiger partial charge on any atom is 0.258 e. The monoisotopic (exact) mass is 283 g/mol. The molecule has 1 N–H and O–H groups in total. The zero-order chi connectivity index (χ0) is 10.7. The Morgan fingerprint density at radius 2 is 2.33 bits per heavy atom. The Labute approximate surface area is 98.5 Å². The number of nitrogens with zero attached hydrogens (tertiary/aromatic N) is 2. The second-order valence-electron chi connectivity index (χ2n) is 2.67. The van der Waals surface area contributed by atoms with Crippen molar-refractivity contribution < 1.29 is 4.79 Å². The molecule has 0 fully saturated rings. The third kappa shape index (κ3) is 2.40. The largest absolute Gasteiger partial charge is 0.305 e. The zero-order valence-corrected chi connectivity index (χ0v) is 9.88. The van der Waals surface area contributed by atoms with E-state index in [-0.39, 0.29) is 5.91 Å². The van der Waals surface area contributed by atoms with Crippen LogP contribution in [0.4, 0.5) is 5.82 Å². The third-order valence-corrected chi connectivity index (χ3v) is 3.36. The summed E-state index contributed by atoms with van der Waals surface area (Å²) in [5, 5.41) is 11.9. The van der Waals surface area contributed by atoms with E-state index in [1.54, 1.807) is 24.4 Å². The minimum absolute atomic E-state index is 0.191. The van der Waals surface area contributed by atoms with Gasteiger partial charge in [0.1, 0.15) is 0 Å². The van der Waals surface area contributed by atoms with Gasteiger partial charge in [0.05, 0.1) is 9.35 Å². The minimum atomic E-state index is -0.191. The lowest BCUT2D eigenvalue weighted by molar-refractivity contribution is 0.102. The van der Waals surface area contributed by atoms with Gasteiger partial charge in [-0.1, -0.05) is 0 Å². The molecule has 0 aliphatic heterocycles. The highest BCUT2D eigenvalue weighted by Crippen LogP contribution is 2.23. The van der Waals surface area contributed by atoms with Crippen LogP contribution in [0.1, 0.15) is 10.4 Å². The van der Waals surface area contributed by atoms with Crippen molar-refractivity contribution in [3.63, 3.8) is 0 Å². The minimum Gasteiger partial charge on any atom is -0.305 e. The van der Waals surface area contributed by atoms with Crippen LogP contribution in [0.3, 0.4) is 0 Å². The SMILES string of the molecule is O=C(Nc1cccnn1)c1ccsc1Br. The van der Waals surface area contributed by atoms with Crippen molar-refractivity contribution in [3.05, 3.63) is 39.1 Å². The summed E-state index contributed by atoms with van der Waals surface area (Å²) < 4.78 is 0.809. The molecule has 1 amide bonds. The lowest BCUT2D eigenvalue weighted by Crippen LogP contribution is -2.12. The summed E-state index contributed by atoms with van der Waals surface area (Å²) in [6.45, 7) is 0. The molecular weight excluding hydrogens is 278 g/mol. The summed E-state index contributed by atoms with van der Waals surface area (Å²) in [6, 6.07) is 5.15. The average Bonchev–Trinajstić information content (AvgIpc) is 2.66. The first-order valence-corrected chi connectivity index (χ1v) is 5.76. The normalized spacial score (nSPS) is 9.93. The predicted molar refractivity (Wildman–Crippen MR) is 62.0 cm³/mol. The molecule has 0 saturated carbocycles. The number of amides is 1. The van der Waals surface area contributed by atoms with Crippen LogP contribution >= 0.6 is 27.3 Å². The molecule has 0 bridgehead atoms. The third-order valence-electron chi connectivity index (χ3n) is 1.68.